The van der Waals surface area contributed by atoms with Crippen molar-refractivity contribution in [2.45, 2.75) is 33.2 Å². The molecule has 0 radical (unpaired) electrons. The Balaban J connectivity index is 2.11. The van der Waals surface area contributed by atoms with Crippen LogP contribution in [0.25, 0.3) is 5.57 Å². The summed E-state index contributed by atoms with van der Waals surface area (Å²) in [6.45, 7) is 11.6. The normalized spacial score (nSPS) is 11.1. The van der Waals surface area contributed by atoms with Crippen molar-refractivity contribution in [1.29, 1.82) is 0 Å². The third kappa shape index (κ3) is 3.92. The van der Waals surface area contributed by atoms with Crippen molar-refractivity contribution in [2.24, 2.45) is 0 Å². The van der Waals surface area contributed by atoms with Crippen LogP contribution in [0.1, 0.15) is 37.7 Å². The SMILES string of the molecule is C=C(C)c1cccc(C(C)(C)NC(=O)Nc2nc(C)ns2)c1. The molecule has 0 atom stereocenters. The lowest BCUT2D eigenvalue weighted by molar-refractivity contribution is 0.242. The molecule has 2 N–H and O–H groups in total. The first kappa shape index (κ1) is 16.2. The zero-order valence-electron chi connectivity index (χ0n) is 13.2. The van der Waals surface area contributed by atoms with Gasteiger partial charge in [0.2, 0.25) is 5.13 Å². The fourth-order valence-corrected chi connectivity index (χ4v) is 2.58. The molecular weight excluding hydrogens is 296 g/mol. The van der Waals surface area contributed by atoms with Crippen molar-refractivity contribution in [3.05, 3.63) is 47.8 Å². The zero-order chi connectivity index (χ0) is 16.3. The van der Waals surface area contributed by atoms with Gasteiger partial charge in [-0.2, -0.15) is 4.37 Å². The molecule has 0 aliphatic carbocycles. The number of amides is 2. The van der Waals surface area contributed by atoms with Crippen LogP contribution in [-0.4, -0.2) is 15.4 Å². The molecule has 116 valence electrons. The number of hydrogen-bond donors (Lipinski definition) is 2. The standard InChI is InChI=1S/C16H20N4OS/c1-10(2)12-7-6-8-13(9-12)16(4,5)19-14(21)18-15-17-11(3)20-22-15/h6-9H,1H2,2-5H3,(H2,17,18,19,20,21). The molecule has 2 rings (SSSR count). The van der Waals surface area contributed by atoms with E-state index in [0.29, 0.717) is 11.0 Å². The summed E-state index contributed by atoms with van der Waals surface area (Å²) in [4.78, 5) is 16.2. The Kier molecular flexibility index (Phi) is 4.61. The molecule has 1 aromatic carbocycles. The van der Waals surface area contributed by atoms with Crippen molar-refractivity contribution >= 4 is 28.3 Å². The summed E-state index contributed by atoms with van der Waals surface area (Å²) < 4.78 is 4.03. The Morgan fingerprint density at radius 3 is 2.68 bits per heavy atom. The van der Waals surface area contributed by atoms with Gasteiger partial charge in [0.1, 0.15) is 5.82 Å². The lowest BCUT2D eigenvalue weighted by Crippen LogP contribution is -2.43. The zero-order valence-corrected chi connectivity index (χ0v) is 14.0. The molecule has 2 amide bonds. The number of urea groups is 1. The monoisotopic (exact) mass is 316 g/mol. The number of aryl methyl sites for hydroxylation is 1. The summed E-state index contributed by atoms with van der Waals surface area (Å²) in [5.74, 6) is 0.647. The maximum atomic E-state index is 12.1. The van der Waals surface area contributed by atoms with E-state index in [4.69, 9.17) is 0 Å². The van der Waals surface area contributed by atoms with E-state index in [9.17, 15) is 4.79 Å². The number of rotatable bonds is 4. The van der Waals surface area contributed by atoms with E-state index in [1.165, 1.54) is 0 Å². The van der Waals surface area contributed by atoms with Gasteiger partial charge in [0, 0.05) is 11.5 Å². The maximum Gasteiger partial charge on any atom is 0.321 e. The number of carbonyl (C=O) groups is 1. The smallest absolute Gasteiger partial charge is 0.321 e. The fourth-order valence-electron chi connectivity index (χ4n) is 2.01. The molecule has 0 saturated carbocycles. The third-order valence-electron chi connectivity index (χ3n) is 3.25. The van der Waals surface area contributed by atoms with Crippen LogP contribution in [0.2, 0.25) is 0 Å². The van der Waals surface area contributed by atoms with Gasteiger partial charge in [-0.3, -0.25) is 5.32 Å². The van der Waals surface area contributed by atoms with Gasteiger partial charge >= 0.3 is 6.03 Å². The van der Waals surface area contributed by atoms with Crippen LogP contribution in [0.15, 0.2) is 30.8 Å². The van der Waals surface area contributed by atoms with Gasteiger partial charge in [-0.15, -0.1) is 0 Å². The predicted octanol–water partition coefficient (Wildman–Crippen LogP) is 3.94. The molecule has 22 heavy (non-hydrogen) atoms. The highest BCUT2D eigenvalue weighted by Crippen LogP contribution is 2.23. The van der Waals surface area contributed by atoms with Crippen LogP contribution >= 0.6 is 11.5 Å². The minimum Gasteiger partial charge on any atom is -0.329 e. The first-order valence-corrected chi connectivity index (χ1v) is 7.71. The first-order valence-electron chi connectivity index (χ1n) is 6.94. The van der Waals surface area contributed by atoms with E-state index in [2.05, 4.69) is 26.6 Å². The Morgan fingerprint density at radius 2 is 2.09 bits per heavy atom. The number of allylic oxidation sites excluding steroid dienone is 1. The van der Waals surface area contributed by atoms with Gasteiger partial charge in [-0.05, 0) is 44.9 Å². The van der Waals surface area contributed by atoms with Gasteiger partial charge in [0.15, 0.2) is 0 Å². The van der Waals surface area contributed by atoms with Gasteiger partial charge < -0.3 is 5.32 Å². The Hall–Kier alpha value is -2.21. The molecule has 0 aliphatic rings. The third-order valence-corrected chi connectivity index (χ3v) is 3.97. The fraction of sp³-hybridized carbons (Fsp3) is 0.312. The molecule has 0 fully saturated rings. The van der Waals surface area contributed by atoms with Crippen LogP contribution in [0.4, 0.5) is 9.93 Å². The molecule has 2 aromatic rings. The van der Waals surface area contributed by atoms with Gasteiger partial charge in [-0.1, -0.05) is 30.4 Å². The number of hydrogen-bond acceptors (Lipinski definition) is 4. The number of aromatic nitrogens is 2. The lowest BCUT2D eigenvalue weighted by Gasteiger charge is -2.27. The molecule has 1 aromatic heterocycles. The summed E-state index contributed by atoms with van der Waals surface area (Å²) in [5, 5.41) is 6.15. The van der Waals surface area contributed by atoms with Crippen LogP contribution in [0.5, 0.6) is 0 Å². The Morgan fingerprint density at radius 1 is 1.36 bits per heavy atom. The van der Waals surface area contributed by atoms with Crippen LogP contribution in [-0.2, 0) is 5.54 Å². The van der Waals surface area contributed by atoms with E-state index in [0.717, 1.165) is 28.2 Å². The molecule has 5 nitrogen and oxygen atoms in total. The second kappa shape index (κ2) is 6.27. The van der Waals surface area contributed by atoms with E-state index in [1.807, 2.05) is 45.0 Å². The molecule has 0 saturated heterocycles. The van der Waals surface area contributed by atoms with Crippen molar-refractivity contribution in [3.8, 4) is 0 Å². The first-order chi connectivity index (χ1) is 10.3. The minimum absolute atomic E-state index is 0.304. The average Bonchev–Trinajstić information content (AvgIpc) is 2.83. The topological polar surface area (TPSA) is 66.9 Å². The van der Waals surface area contributed by atoms with E-state index < -0.39 is 5.54 Å². The highest BCUT2D eigenvalue weighted by Gasteiger charge is 2.23. The van der Waals surface area contributed by atoms with E-state index in [-0.39, 0.29) is 6.03 Å². The van der Waals surface area contributed by atoms with Gasteiger partial charge in [-0.25, -0.2) is 9.78 Å². The number of benzene rings is 1. The van der Waals surface area contributed by atoms with Gasteiger partial charge in [0.05, 0.1) is 5.54 Å². The summed E-state index contributed by atoms with van der Waals surface area (Å²) in [5.41, 5.74) is 2.55. The largest absolute Gasteiger partial charge is 0.329 e. The van der Waals surface area contributed by atoms with Crippen LogP contribution in [0.3, 0.4) is 0 Å². The number of carbonyl (C=O) groups excluding carboxylic acids is 1. The van der Waals surface area contributed by atoms with Crippen LogP contribution < -0.4 is 10.6 Å². The molecule has 0 spiro atoms. The van der Waals surface area contributed by atoms with Crippen molar-refractivity contribution < 1.29 is 4.79 Å². The van der Waals surface area contributed by atoms with Crippen molar-refractivity contribution in [3.63, 3.8) is 0 Å². The molecule has 6 heteroatoms. The minimum atomic E-state index is -0.519. The van der Waals surface area contributed by atoms with Crippen molar-refractivity contribution in [1.82, 2.24) is 14.7 Å². The van der Waals surface area contributed by atoms with Gasteiger partial charge in [0.25, 0.3) is 0 Å². The number of anilines is 1. The van der Waals surface area contributed by atoms with E-state index in [1.54, 1.807) is 6.92 Å². The second-order valence-electron chi connectivity index (χ2n) is 5.71. The molecule has 0 aliphatic heterocycles. The summed E-state index contributed by atoms with van der Waals surface area (Å²) in [6.07, 6.45) is 0. The summed E-state index contributed by atoms with van der Waals surface area (Å²) in [7, 11) is 0. The highest BCUT2D eigenvalue weighted by molar-refractivity contribution is 7.09. The average molecular weight is 316 g/mol. The lowest BCUT2D eigenvalue weighted by atomic mass is 9.92. The maximum absolute atomic E-state index is 12.1. The molecular formula is C16H20N4OS. The molecule has 1 heterocycles. The molecule has 0 unspecified atom stereocenters. The predicted molar refractivity (Wildman–Crippen MR) is 91.0 cm³/mol. The quantitative estimate of drug-likeness (QED) is 0.898. The summed E-state index contributed by atoms with van der Waals surface area (Å²) >= 11 is 1.16. The van der Waals surface area contributed by atoms with E-state index >= 15 is 0 Å². The molecule has 0 bridgehead atoms. The Labute approximate surface area is 134 Å². The second-order valence-corrected chi connectivity index (χ2v) is 6.46. The van der Waals surface area contributed by atoms with Crippen molar-refractivity contribution in [2.75, 3.05) is 5.32 Å². The van der Waals surface area contributed by atoms with Crippen LogP contribution in [0, 0.1) is 6.92 Å². The Bertz CT molecular complexity index is 706. The highest BCUT2D eigenvalue weighted by atomic mass is 32.1. The number of nitrogens with zero attached hydrogens (tertiary/aromatic N) is 2. The number of nitrogens with one attached hydrogen (secondary N) is 2. The summed E-state index contributed by atoms with van der Waals surface area (Å²) in [6, 6.07) is 7.70.